The summed E-state index contributed by atoms with van der Waals surface area (Å²) in [5.74, 6) is -0.526. The van der Waals surface area contributed by atoms with E-state index >= 15 is 0 Å². The highest BCUT2D eigenvalue weighted by atomic mass is 35.5. The molecule has 1 aromatic rings. The molecule has 1 fully saturated rings. The third-order valence-electron chi connectivity index (χ3n) is 2.58. The van der Waals surface area contributed by atoms with Crippen molar-refractivity contribution in [2.24, 2.45) is 4.99 Å². The van der Waals surface area contributed by atoms with E-state index in [1.807, 2.05) is 0 Å². The molecule has 8 heteroatoms. The zero-order chi connectivity index (χ0) is 14.7. The monoisotopic (exact) mass is 331 g/mol. The SMILES string of the molecule is CN=C1NC(=O)[C@H](CC(=O)Nc2cccc(Cl)c2Cl)S1. The minimum Gasteiger partial charge on any atom is -0.325 e. The van der Waals surface area contributed by atoms with E-state index in [1.165, 1.54) is 11.8 Å². The van der Waals surface area contributed by atoms with Crippen LogP contribution in [-0.2, 0) is 9.59 Å². The molecule has 5 nitrogen and oxygen atoms in total. The number of aliphatic imine (C=N–C) groups is 1. The quantitative estimate of drug-likeness (QED) is 0.894. The summed E-state index contributed by atoms with van der Waals surface area (Å²) in [6.45, 7) is 0. The first-order chi connectivity index (χ1) is 9.51. The molecule has 20 heavy (non-hydrogen) atoms. The van der Waals surface area contributed by atoms with Crippen molar-refractivity contribution in [3.8, 4) is 0 Å². The number of thioether (sulfide) groups is 1. The van der Waals surface area contributed by atoms with E-state index in [2.05, 4.69) is 15.6 Å². The van der Waals surface area contributed by atoms with Gasteiger partial charge in [-0.2, -0.15) is 0 Å². The van der Waals surface area contributed by atoms with Gasteiger partial charge >= 0.3 is 0 Å². The van der Waals surface area contributed by atoms with Gasteiger partial charge < -0.3 is 10.6 Å². The van der Waals surface area contributed by atoms with Crippen LogP contribution in [0.5, 0.6) is 0 Å². The summed E-state index contributed by atoms with van der Waals surface area (Å²) in [6.07, 6.45) is 0.0400. The molecule has 1 heterocycles. The molecule has 1 saturated heterocycles. The van der Waals surface area contributed by atoms with Gasteiger partial charge in [-0.3, -0.25) is 14.6 Å². The molecule has 0 radical (unpaired) electrons. The molecule has 1 aliphatic rings. The molecule has 2 N–H and O–H groups in total. The molecule has 106 valence electrons. The lowest BCUT2D eigenvalue weighted by molar-refractivity contribution is -0.122. The van der Waals surface area contributed by atoms with E-state index in [0.29, 0.717) is 15.9 Å². The van der Waals surface area contributed by atoms with E-state index in [0.717, 1.165) is 0 Å². The third-order valence-corrected chi connectivity index (χ3v) is 4.57. The van der Waals surface area contributed by atoms with Crippen LogP contribution >= 0.6 is 35.0 Å². The number of rotatable bonds is 3. The zero-order valence-corrected chi connectivity index (χ0v) is 12.8. The van der Waals surface area contributed by atoms with Gasteiger partial charge in [0, 0.05) is 13.5 Å². The Hall–Kier alpha value is -1.24. The molecule has 1 atom stereocenters. The number of hydrogen-bond acceptors (Lipinski definition) is 4. The zero-order valence-electron chi connectivity index (χ0n) is 10.4. The highest BCUT2D eigenvalue weighted by molar-refractivity contribution is 8.15. The van der Waals surface area contributed by atoms with Gasteiger partial charge in [-0.1, -0.05) is 41.0 Å². The van der Waals surface area contributed by atoms with Crippen LogP contribution in [0.2, 0.25) is 10.0 Å². The first-order valence-corrected chi connectivity index (χ1v) is 7.33. The average Bonchev–Trinajstić information content (AvgIpc) is 2.76. The van der Waals surface area contributed by atoms with Crippen LogP contribution in [0.15, 0.2) is 23.2 Å². The lowest BCUT2D eigenvalue weighted by Crippen LogP contribution is -2.28. The fourth-order valence-corrected chi connectivity index (χ4v) is 2.90. The summed E-state index contributed by atoms with van der Waals surface area (Å²) in [6, 6.07) is 4.96. The number of amides is 2. The van der Waals surface area contributed by atoms with Crippen molar-refractivity contribution in [3.05, 3.63) is 28.2 Å². The van der Waals surface area contributed by atoms with Crippen molar-refractivity contribution in [1.82, 2.24) is 5.32 Å². The molecule has 0 unspecified atom stereocenters. The lowest BCUT2D eigenvalue weighted by atomic mass is 10.2. The standard InChI is InChI=1S/C12H11Cl2N3O2S/c1-15-12-17-11(19)8(20-12)5-9(18)16-7-4-2-3-6(13)10(7)14/h2-4,8H,5H2,1H3,(H,16,18)(H,15,17,19)/t8-/m0/s1. The summed E-state index contributed by atoms with van der Waals surface area (Å²) in [7, 11) is 1.58. The minimum absolute atomic E-state index is 0.0400. The van der Waals surface area contributed by atoms with Crippen LogP contribution < -0.4 is 10.6 Å². The summed E-state index contributed by atoms with van der Waals surface area (Å²) >= 11 is 13.1. The Morgan fingerprint density at radius 1 is 1.50 bits per heavy atom. The number of halogens is 2. The predicted molar refractivity (Wildman–Crippen MR) is 82.6 cm³/mol. The Bertz CT molecular complexity index is 592. The van der Waals surface area contributed by atoms with Gasteiger partial charge in [0.05, 0.1) is 15.7 Å². The Kier molecular flexibility index (Phi) is 4.91. The van der Waals surface area contributed by atoms with Crippen molar-refractivity contribution in [3.63, 3.8) is 0 Å². The van der Waals surface area contributed by atoms with Crippen LogP contribution in [0.25, 0.3) is 0 Å². The van der Waals surface area contributed by atoms with Gasteiger partial charge in [0.2, 0.25) is 11.8 Å². The first-order valence-electron chi connectivity index (χ1n) is 5.69. The molecule has 2 amide bonds. The summed E-state index contributed by atoms with van der Waals surface area (Å²) in [5, 5.41) is 5.91. The highest BCUT2D eigenvalue weighted by Crippen LogP contribution is 2.30. The summed E-state index contributed by atoms with van der Waals surface area (Å²) in [5.41, 5.74) is 0.428. The van der Waals surface area contributed by atoms with Crippen LogP contribution in [0.1, 0.15) is 6.42 Å². The normalized spacial score (nSPS) is 20.1. The summed E-state index contributed by atoms with van der Waals surface area (Å²) < 4.78 is 0. The fraction of sp³-hybridized carbons (Fsp3) is 0.250. The van der Waals surface area contributed by atoms with Crippen molar-refractivity contribution >= 4 is 57.6 Å². The second kappa shape index (κ2) is 6.47. The van der Waals surface area contributed by atoms with Crippen LogP contribution in [0.3, 0.4) is 0 Å². The van der Waals surface area contributed by atoms with E-state index in [1.54, 1.807) is 25.2 Å². The van der Waals surface area contributed by atoms with Crippen molar-refractivity contribution in [2.75, 3.05) is 12.4 Å². The highest BCUT2D eigenvalue weighted by Gasteiger charge is 2.31. The maximum atomic E-state index is 11.9. The maximum absolute atomic E-state index is 11.9. The maximum Gasteiger partial charge on any atom is 0.240 e. The number of amidine groups is 1. The summed E-state index contributed by atoms with van der Waals surface area (Å²) in [4.78, 5) is 27.4. The average molecular weight is 332 g/mol. The third kappa shape index (κ3) is 3.45. The number of nitrogens with zero attached hydrogens (tertiary/aromatic N) is 1. The second-order valence-corrected chi connectivity index (χ2v) is 5.95. The van der Waals surface area contributed by atoms with Gasteiger partial charge in [0.1, 0.15) is 5.25 Å². The number of carbonyl (C=O) groups is 2. The minimum atomic E-state index is -0.480. The Morgan fingerprint density at radius 2 is 2.25 bits per heavy atom. The van der Waals surface area contributed by atoms with Gasteiger partial charge in [-0.25, -0.2) is 0 Å². The number of carbonyl (C=O) groups excluding carboxylic acids is 2. The molecule has 0 spiro atoms. The lowest BCUT2D eigenvalue weighted by Gasteiger charge is -2.09. The number of hydrogen-bond donors (Lipinski definition) is 2. The number of benzene rings is 1. The van der Waals surface area contributed by atoms with Crippen molar-refractivity contribution < 1.29 is 9.59 Å². The Labute approximate surface area is 130 Å². The predicted octanol–water partition coefficient (Wildman–Crippen LogP) is 2.54. The van der Waals surface area contributed by atoms with E-state index < -0.39 is 5.25 Å². The molecular weight excluding hydrogens is 321 g/mol. The smallest absolute Gasteiger partial charge is 0.240 e. The topological polar surface area (TPSA) is 70.6 Å². The molecule has 1 aliphatic heterocycles. The molecule has 2 rings (SSSR count). The Balaban J connectivity index is 2.00. The first kappa shape index (κ1) is 15.2. The van der Waals surface area contributed by atoms with E-state index in [-0.39, 0.29) is 23.3 Å². The van der Waals surface area contributed by atoms with Crippen LogP contribution in [-0.4, -0.2) is 29.3 Å². The van der Waals surface area contributed by atoms with Gasteiger partial charge in [-0.05, 0) is 12.1 Å². The number of nitrogens with one attached hydrogen (secondary N) is 2. The van der Waals surface area contributed by atoms with Gasteiger partial charge in [0.15, 0.2) is 5.17 Å². The van der Waals surface area contributed by atoms with Gasteiger partial charge in [0.25, 0.3) is 0 Å². The molecular formula is C12H11Cl2N3O2S. The fourth-order valence-electron chi connectivity index (χ4n) is 1.62. The number of anilines is 1. The molecule has 0 bridgehead atoms. The second-order valence-electron chi connectivity index (χ2n) is 3.98. The largest absolute Gasteiger partial charge is 0.325 e. The molecule has 0 saturated carbocycles. The van der Waals surface area contributed by atoms with Crippen LogP contribution in [0.4, 0.5) is 5.69 Å². The van der Waals surface area contributed by atoms with E-state index in [4.69, 9.17) is 23.2 Å². The van der Waals surface area contributed by atoms with Crippen LogP contribution in [0, 0.1) is 0 Å². The van der Waals surface area contributed by atoms with Crippen molar-refractivity contribution in [2.45, 2.75) is 11.7 Å². The Morgan fingerprint density at radius 3 is 2.90 bits per heavy atom. The van der Waals surface area contributed by atoms with E-state index in [9.17, 15) is 9.59 Å². The molecule has 1 aromatic carbocycles. The van der Waals surface area contributed by atoms with Gasteiger partial charge in [-0.15, -0.1) is 0 Å². The van der Waals surface area contributed by atoms with Crippen molar-refractivity contribution in [1.29, 1.82) is 0 Å². The molecule has 0 aliphatic carbocycles. The molecule has 0 aromatic heterocycles.